The van der Waals surface area contributed by atoms with E-state index in [-0.39, 0.29) is 10.8 Å². The SMILES string of the molecule is CC(=C1C[NH+]([O-])c2ccc(O)cc21)c1ccccc1. The molecule has 0 aromatic heterocycles. The molecule has 1 aliphatic rings. The molecule has 0 amide bonds. The van der Waals surface area contributed by atoms with Gasteiger partial charge in [0.15, 0.2) is 0 Å². The predicted octanol–water partition coefficient (Wildman–Crippen LogP) is 2.35. The van der Waals surface area contributed by atoms with Gasteiger partial charge >= 0.3 is 0 Å². The summed E-state index contributed by atoms with van der Waals surface area (Å²) in [4.78, 5) is 0. The van der Waals surface area contributed by atoms with Crippen LogP contribution >= 0.6 is 0 Å². The average molecular weight is 253 g/mol. The highest BCUT2D eigenvalue weighted by Gasteiger charge is 2.26. The summed E-state index contributed by atoms with van der Waals surface area (Å²) in [5, 5.41) is 21.8. The molecule has 1 aliphatic heterocycles. The van der Waals surface area contributed by atoms with Crippen molar-refractivity contribution in [3.8, 4) is 5.75 Å². The molecule has 2 aromatic rings. The number of nitrogens with one attached hydrogen (secondary N) is 1. The lowest BCUT2D eigenvalue weighted by molar-refractivity contribution is -0.762. The predicted molar refractivity (Wildman–Crippen MR) is 75.9 cm³/mol. The molecule has 2 aromatic carbocycles. The van der Waals surface area contributed by atoms with Crippen LogP contribution in [0.2, 0.25) is 0 Å². The van der Waals surface area contributed by atoms with Crippen molar-refractivity contribution < 1.29 is 10.2 Å². The molecule has 0 aliphatic carbocycles. The Labute approximate surface area is 112 Å². The van der Waals surface area contributed by atoms with Crippen molar-refractivity contribution >= 4 is 16.8 Å². The van der Waals surface area contributed by atoms with Crippen molar-refractivity contribution in [2.75, 3.05) is 6.54 Å². The van der Waals surface area contributed by atoms with Crippen LogP contribution in [-0.2, 0) is 0 Å². The zero-order valence-electron chi connectivity index (χ0n) is 10.7. The van der Waals surface area contributed by atoms with Crippen LogP contribution in [0.5, 0.6) is 5.75 Å². The average Bonchev–Trinajstić information content (AvgIpc) is 2.75. The number of rotatable bonds is 1. The number of hydrogen-bond acceptors (Lipinski definition) is 2. The highest BCUT2D eigenvalue weighted by Crippen LogP contribution is 2.34. The highest BCUT2D eigenvalue weighted by molar-refractivity contribution is 5.94. The summed E-state index contributed by atoms with van der Waals surface area (Å²) >= 11 is 0. The fourth-order valence-electron chi connectivity index (χ4n) is 2.57. The minimum atomic E-state index is 0.125. The van der Waals surface area contributed by atoms with E-state index in [1.165, 1.54) is 0 Å². The molecule has 1 unspecified atom stereocenters. The Morgan fingerprint density at radius 1 is 1.16 bits per heavy atom. The quantitative estimate of drug-likeness (QED) is 0.605. The molecule has 2 N–H and O–H groups in total. The molecular formula is C16H15NO2. The molecule has 3 heteroatoms. The Morgan fingerprint density at radius 2 is 1.89 bits per heavy atom. The van der Waals surface area contributed by atoms with Gasteiger partial charge in [-0.1, -0.05) is 30.3 Å². The number of benzene rings is 2. The third-order valence-electron chi connectivity index (χ3n) is 3.63. The van der Waals surface area contributed by atoms with Gasteiger partial charge in [-0.15, -0.1) is 0 Å². The van der Waals surface area contributed by atoms with Crippen LogP contribution in [0, 0.1) is 5.21 Å². The summed E-state index contributed by atoms with van der Waals surface area (Å²) in [6.45, 7) is 2.44. The second-order valence-corrected chi connectivity index (χ2v) is 4.80. The number of phenols is 1. The Kier molecular flexibility index (Phi) is 2.85. The number of hydrogen-bond donors (Lipinski definition) is 2. The largest absolute Gasteiger partial charge is 0.629 e. The Morgan fingerprint density at radius 3 is 2.63 bits per heavy atom. The number of fused-ring (bicyclic) bond motifs is 1. The maximum Gasteiger partial charge on any atom is 0.139 e. The molecule has 0 saturated heterocycles. The summed E-state index contributed by atoms with van der Waals surface area (Å²) in [5.41, 5.74) is 4.80. The van der Waals surface area contributed by atoms with Crippen LogP contribution in [0.4, 0.5) is 5.69 Å². The van der Waals surface area contributed by atoms with Gasteiger partial charge in [-0.05, 0) is 30.2 Å². The lowest BCUT2D eigenvalue weighted by Crippen LogP contribution is -3.00. The van der Waals surface area contributed by atoms with Crippen LogP contribution in [-0.4, -0.2) is 11.7 Å². The first-order chi connectivity index (χ1) is 9.16. The molecule has 0 bridgehead atoms. The van der Waals surface area contributed by atoms with Gasteiger partial charge in [0.05, 0.1) is 0 Å². The molecule has 0 spiro atoms. The van der Waals surface area contributed by atoms with Gasteiger partial charge in [-0.2, -0.15) is 0 Å². The normalized spacial score (nSPS) is 20.2. The van der Waals surface area contributed by atoms with Gasteiger partial charge in [-0.3, -0.25) is 0 Å². The smallest absolute Gasteiger partial charge is 0.139 e. The highest BCUT2D eigenvalue weighted by atomic mass is 16.5. The zero-order chi connectivity index (χ0) is 13.4. The van der Waals surface area contributed by atoms with E-state index in [0.717, 1.165) is 22.3 Å². The van der Waals surface area contributed by atoms with Crippen LogP contribution in [0.1, 0.15) is 18.1 Å². The summed E-state index contributed by atoms with van der Waals surface area (Å²) in [6.07, 6.45) is 0. The van der Waals surface area contributed by atoms with Crippen molar-refractivity contribution in [2.45, 2.75) is 6.92 Å². The van der Waals surface area contributed by atoms with Crippen molar-refractivity contribution in [2.24, 2.45) is 0 Å². The molecule has 3 rings (SSSR count). The van der Waals surface area contributed by atoms with Crippen molar-refractivity contribution in [1.82, 2.24) is 0 Å². The number of allylic oxidation sites excluding steroid dienone is 1. The second kappa shape index (κ2) is 4.53. The first kappa shape index (κ1) is 12.0. The van der Waals surface area contributed by atoms with E-state index < -0.39 is 0 Å². The fraction of sp³-hybridized carbons (Fsp3) is 0.125. The van der Waals surface area contributed by atoms with E-state index in [1.54, 1.807) is 18.2 Å². The maximum atomic E-state index is 12.0. The molecule has 1 heterocycles. The van der Waals surface area contributed by atoms with Crippen LogP contribution in [0.25, 0.3) is 11.1 Å². The second-order valence-electron chi connectivity index (χ2n) is 4.80. The number of aromatic hydroxyl groups is 1. The minimum Gasteiger partial charge on any atom is -0.629 e. The van der Waals surface area contributed by atoms with E-state index in [0.29, 0.717) is 12.2 Å². The maximum absolute atomic E-state index is 12.0. The Balaban J connectivity index is 2.16. The lowest BCUT2D eigenvalue weighted by Gasteiger charge is -2.14. The van der Waals surface area contributed by atoms with E-state index in [4.69, 9.17) is 0 Å². The van der Waals surface area contributed by atoms with Crippen LogP contribution in [0.15, 0.2) is 48.5 Å². The van der Waals surface area contributed by atoms with Crippen molar-refractivity contribution in [1.29, 1.82) is 0 Å². The minimum absolute atomic E-state index is 0.125. The molecule has 1 atom stereocenters. The Bertz CT molecular complexity index is 647. The summed E-state index contributed by atoms with van der Waals surface area (Å²) in [7, 11) is 0. The van der Waals surface area contributed by atoms with Gasteiger partial charge in [0.1, 0.15) is 18.0 Å². The molecule has 0 fully saturated rings. The van der Waals surface area contributed by atoms with Gasteiger partial charge in [0.2, 0.25) is 0 Å². The number of hydroxylamine groups is 1. The fourth-order valence-corrected chi connectivity index (χ4v) is 2.57. The van der Waals surface area contributed by atoms with E-state index in [2.05, 4.69) is 0 Å². The third-order valence-corrected chi connectivity index (χ3v) is 3.63. The molecule has 3 nitrogen and oxygen atoms in total. The molecule has 96 valence electrons. The lowest BCUT2D eigenvalue weighted by atomic mass is 9.97. The molecule has 19 heavy (non-hydrogen) atoms. The van der Waals surface area contributed by atoms with Crippen molar-refractivity contribution in [3.63, 3.8) is 0 Å². The summed E-state index contributed by atoms with van der Waals surface area (Å²) in [5.74, 6) is 0.201. The van der Waals surface area contributed by atoms with Gasteiger partial charge in [0, 0.05) is 17.2 Å². The van der Waals surface area contributed by atoms with E-state index in [9.17, 15) is 10.3 Å². The standard InChI is InChI=1S/C16H15NO2/c1-11(12-5-3-2-4-6-12)15-10-17(19)16-8-7-13(18)9-14(15)16/h2-9,17-18H,10H2,1H3. The van der Waals surface area contributed by atoms with E-state index in [1.807, 2.05) is 37.3 Å². The summed E-state index contributed by atoms with van der Waals surface area (Å²) in [6, 6.07) is 15.0. The molecule has 0 radical (unpaired) electrons. The van der Waals surface area contributed by atoms with Gasteiger partial charge in [0.25, 0.3) is 0 Å². The van der Waals surface area contributed by atoms with Crippen molar-refractivity contribution in [3.05, 3.63) is 64.9 Å². The van der Waals surface area contributed by atoms with Gasteiger partial charge in [-0.25, -0.2) is 0 Å². The zero-order valence-corrected chi connectivity index (χ0v) is 10.7. The number of quaternary nitrogens is 1. The first-order valence-corrected chi connectivity index (χ1v) is 6.28. The number of phenolic OH excluding ortho intramolecular Hbond substituents is 1. The first-order valence-electron chi connectivity index (χ1n) is 6.28. The monoisotopic (exact) mass is 253 g/mol. The van der Waals surface area contributed by atoms with E-state index >= 15 is 0 Å². The third kappa shape index (κ3) is 2.03. The topological polar surface area (TPSA) is 47.7 Å². The van der Waals surface area contributed by atoms with Gasteiger partial charge < -0.3 is 15.4 Å². The van der Waals surface area contributed by atoms with Crippen LogP contribution in [0.3, 0.4) is 0 Å². The molecule has 0 saturated carbocycles. The van der Waals surface area contributed by atoms with Crippen LogP contribution < -0.4 is 5.06 Å². The molecular weight excluding hydrogens is 238 g/mol. The summed E-state index contributed by atoms with van der Waals surface area (Å²) < 4.78 is 0. The Hall–Kier alpha value is -2.10.